The van der Waals surface area contributed by atoms with Gasteiger partial charge in [0.05, 0.1) is 5.88 Å². The summed E-state index contributed by atoms with van der Waals surface area (Å²) in [7, 11) is 0. The van der Waals surface area contributed by atoms with Crippen molar-refractivity contribution in [2.24, 2.45) is 0 Å². The molecule has 17 heavy (non-hydrogen) atoms. The first-order chi connectivity index (χ1) is 8.38. The van der Waals surface area contributed by atoms with E-state index in [0.717, 1.165) is 18.1 Å². The van der Waals surface area contributed by atoms with Crippen molar-refractivity contribution in [3.8, 4) is 0 Å². The predicted octanol–water partition coefficient (Wildman–Crippen LogP) is 3.51. The Kier molecular flexibility index (Phi) is 3.12. The van der Waals surface area contributed by atoms with E-state index in [1.165, 1.54) is 10.5 Å². The predicted molar refractivity (Wildman–Crippen MR) is 71.7 cm³/mol. The Morgan fingerprint density at radius 1 is 1.41 bits per heavy atom. The average Bonchev–Trinajstić information content (AvgIpc) is 2.97. The molecular formula is C13H13ClN2S. The molecule has 0 bridgehead atoms. The first kappa shape index (κ1) is 11.2. The van der Waals surface area contributed by atoms with Crippen LogP contribution in [0.1, 0.15) is 17.3 Å². The van der Waals surface area contributed by atoms with E-state index in [1.54, 1.807) is 0 Å². The molecule has 0 spiro atoms. The van der Waals surface area contributed by atoms with Crippen LogP contribution in [0.15, 0.2) is 41.6 Å². The van der Waals surface area contributed by atoms with E-state index in [0.29, 0.717) is 11.8 Å². The van der Waals surface area contributed by atoms with E-state index in [1.807, 2.05) is 24.2 Å². The van der Waals surface area contributed by atoms with Crippen LogP contribution in [0.5, 0.6) is 0 Å². The first-order valence-electron chi connectivity index (χ1n) is 5.66. The molecule has 1 unspecified atom stereocenters. The monoisotopic (exact) mass is 264 g/mol. The van der Waals surface area contributed by atoms with Crippen LogP contribution >= 0.6 is 23.4 Å². The minimum Gasteiger partial charge on any atom is -0.333 e. The average molecular weight is 265 g/mol. The zero-order valence-electron chi connectivity index (χ0n) is 9.34. The maximum atomic E-state index is 5.87. The number of fused-ring (bicyclic) bond motifs is 1. The number of halogens is 1. The van der Waals surface area contributed by atoms with Crippen molar-refractivity contribution in [1.82, 2.24) is 9.55 Å². The molecule has 0 N–H and O–H groups in total. The SMILES string of the molecule is ClCc1nccn1CC1CSc2ccccc21. The van der Waals surface area contributed by atoms with Gasteiger partial charge >= 0.3 is 0 Å². The number of benzene rings is 1. The summed E-state index contributed by atoms with van der Waals surface area (Å²) in [4.78, 5) is 5.68. The lowest BCUT2D eigenvalue weighted by atomic mass is 10.0. The fourth-order valence-corrected chi connectivity index (χ4v) is 3.72. The summed E-state index contributed by atoms with van der Waals surface area (Å²) in [6.07, 6.45) is 3.84. The molecule has 4 heteroatoms. The molecular weight excluding hydrogens is 252 g/mol. The summed E-state index contributed by atoms with van der Waals surface area (Å²) in [5.74, 6) is 3.17. The highest BCUT2D eigenvalue weighted by molar-refractivity contribution is 7.99. The highest BCUT2D eigenvalue weighted by Gasteiger charge is 2.23. The molecule has 1 atom stereocenters. The van der Waals surface area contributed by atoms with Gasteiger partial charge in [0.15, 0.2) is 0 Å². The van der Waals surface area contributed by atoms with E-state index in [2.05, 4.69) is 33.8 Å². The molecule has 3 rings (SSSR count). The lowest BCUT2D eigenvalue weighted by Gasteiger charge is -2.13. The minimum atomic E-state index is 0.481. The lowest BCUT2D eigenvalue weighted by Crippen LogP contribution is -2.10. The van der Waals surface area contributed by atoms with Crippen LogP contribution in [0.25, 0.3) is 0 Å². The van der Waals surface area contributed by atoms with Gasteiger partial charge in [-0.05, 0) is 11.6 Å². The molecule has 2 aromatic rings. The van der Waals surface area contributed by atoms with Gasteiger partial charge in [-0.2, -0.15) is 0 Å². The van der Waals surface area contributed by atoms with Crippen molar-refractivity contribution >= 4 is 23.4 Å². The van der Waals surface area contributed by atoms with Crippen molar-refractivity contribution < 1.29 is 0 Å². The van der Waals surface area contributed by atoms with Crippen LogP contribution in [0, 0.1) is 0 Å². The number of hydrogen-bond acceptors (Lipinski definition) is 2. The third-order valence-electron chi connectivity index (χ3n) is 3.14. The molecule has 1 aromatic carbocycles. The van der Waals surface area contributed by atoms with Crippen LogP contribution < -0.4 is 0 Å². The molecule has 0 radical (unpaired) electrons. The largest absolute Gasteiger partial charge is 0.333 e. The minimum absolute atomic E-state index is 0.481. The molecule has 0 saturated heterocycles. The Balaban J connectivity index is 1.84. The zero-order chi connectivity index (χ0) is 11.7. The Morgan fingerprint density at radius 3 is 3.18 bits per heavy atom. The quantitative estimate of drug-likeness (QED) is 0.790. The number of imidazole rings is 1. The van der Waals surface area contributed by atoms with Gasteiger partial charge in [-0.15, -0.1) is 23.4 Å². The third-order valence-corrected chi connectivity index (χ3v) is 4.63. The van der Waals surface area contributed by atoms with E-state index in [4.69, 9.17) is 11.6 Å². The maximum absolute atomic E-state index is 5.87. The Morgan fingerprint density at radius 2 is 2.29 bits per heavy atom. The second-order valence-electron chi connectivity index (χ2n) is 4.18. The first-order valence-corrected chi connectivity index (χ1v) is 7.18. The highest BCUT2D eigenvalue weighted by atomic mass is 35.5. The zero-order valence-corrected chi connectivity index (χ0v) is 10.9. The van der Waals surface area contributed by atoms with Crippen molar-refractivity contribution in [3.63, 3.8) is 0 Å². The van der Waals surface area contributed by atoms with Crippen LogP contribution in [-0.4, -0.2) is 15.3 Å². The van der Waals surface area contributed by atoms with Crippen molar-refractivity contribution in [3.05, 3.63) is 48.0 Å². The molecule has 2 nitrogen and oxygen atoms in total. The molecule has 1 aromatic heterocycles. The molecule has 0 saturated carbocycles. The van der Waals surface area contributed by atoms with Crippen LogP contribution in [0.2, 0.25) is 0 Å². The van der Waals surface area contributed by atoms with Gasteiger partial charge in [-0.25, -0.2) is 4.98 Å². The van der Waals surface area contributed by atoms with Gasteiger partial charge in [0.25, 0.3) is 0 Å². The Labute approximate surface area is 110 Å². The summed E-state index contributed by atoms with van der Waals surface area (Å²) >= 11 is 7.82. The van der Waals surface area contributed by atoms with Crippen LogP contribution in [-0.2, 0) is 12.4 Å². The number of nitrogens with zero attached hydrogens (tertiary/aromatic N) is 2. The molecule has 0 aliphatic carbocycles. The summed E-state index contributed by atoms with van der Waals surface area (Å²) in [6.45, 7) is 0.978. The van der Waals surface area contributed by atoms with Gasteiger partial charge in [-0.3, -0.25) is 0 Å². The maximum Gasteiger partial charge on any atom is 0.123 e. The van der Waals surface area contributed by atoms with E-state index < -0.39 is 0 Å². The number of aromatic nitrogens is 2. The van der Waals surface area contributed by atoms with Gasteiger partial charge in [-0.1, -0.05) is 18.2 Å². The normalized spacial score (nSPS) is 18.3. The fraction of sp³-hybridized carbons (Fsp3) is 0.308. The topological polar surface area (TPSA) is 17.8 Å². The molecule has 0 amide bonds. The third kappa shape index (κ3) is 2.09. The van der Waals surface area contributed by atoms with Crippen molar-refractivity contribution in [2.45, 2.75) is 23.2 Å². The van der Waals surface area contributed by atoms with Gasteiger partial charge in [0.2, 0.25) is 0 Å². The molecule has 0 fully saturated rings. The van der Waals surface area contributed by atoms with E-state index in [-0.39, 0.29) is 0 Å². The van der Waals surface area contributed by atoms with Gasteiger partial charge < -0.3 is 4.57 Å². The number of alkyl halides is 1. The summed E-state index contributed by atoms with van der Waals surface area (Å²) in [5.41, 5.74) is 1.46. The molecule has 1 aliphatic rings. The second-order valence-corrected chi connectivity index (χ2v) is 5.50. The van der Waals surface area contributed by atoms with Gasteiger partial charge in [0.1, 0.15) is 5.82 Å². The molecule has 88 valence electrons. The Hall–Kier alpha value is -0.930. The van der Waals surface area contributed by atoms with Crippen LogP contribution in [0.3, 0.4) is 0 Å². The fourth-order valence-electron chi connectivity index (χ4n) is 2.26. The standard InChI is InChI=1S/C13H13ClN2S/c14-7-13-15-5-6-16(13)8-10-9-17-12-4-2-1-3-11(10)12/h1-6,10H,7-9H2. The highest BCUT2D eigenvalue weighted by Crippen LogP contribution is 2.40. The van der Waals surface area contributed by atoms with Crippen molar-refractivity contribution in [1.29, 1.82) is 0 Å². The molecule has 1 aliphatic heterocycles. The Bertz CT molecular complexity index is 524. The summed E-state index contributed by atoms with van der Waals surface area (Å²) in [6, 6.07) is 8.66. The smallest absolute Gasteiger partial charge is 0.123 e. The van der Waals surface area contributed by atoms with E-state index in [9.17, 15) is 0 Å². The lowest BCUT2D eigenvalue weighted by molar-refractivity contribution is 0.589. The van der Waals surface area contributed by atoms with E-state index >= 15 is 0 Å². The number of hydrogen-bond donors (Lipinski definition) is 0. The number of rotatable bonds is 3. The van der Waals surface area contributed by atoms with Crippen molar-refractivity contribution in [2.75, 3.05) is 5.75 Å². The number of thioether (sulfide) groups is 1. The summed E-state index contributed by atoms with van der Waals surface area (Å²) in [5, 5.41) is 0. The van der Waals surface area contributed by atoms with Crippen LogP contribution in [0.4, 0.5) is 0 Å². The molecule has 2 heterocycles. The summed E-state index contributed by atoms with van der Waals surface area (Å²) < 4.78 is 2.17. The van der Waals surface area contributed by atoms with Gasteiger partial charge in [0, 0.05) is 35.5 Å². The second kappa shape index (κ2) is 4.75.